The monoisotopic (exact) mass is 259 g/mol. The number of rotatable bonds is 2. The second-order valence-electron chi connectivity index (χ2n) is 6.61. The molecule has 1 aromatic rings. The number of fused-ring (bicyclic) bond motifs is 1. The van der Waals surface area contributed by atoms with Gasteiger partial charge in [0.2, 0.25) is 0 Å². The molecule has 0 bridgehead atoms. The van der Waals surface area contributed by atoms with Crippen LogP contribution in [0.25, 0.3) is 0 Å². The lowest BCUT2D eigenvalue weighted by molar-refractivity contribution is 0.0360. The zero-order chi connectivity index (χ0) is 13.5. The molecule has 104 valence electrons. The average Bonchev–Trinajstić information content (AvgIpc) is 2.81. The van der Waals surface area contributed by atoms with E-state index in [0.717, 1.165) is 19.6 Å². The second-order valence-corrected chi connectivity index (χ2v) is 6.61. The van der Waals surface area contributed by atoms with E-state index in [2.05, 4.69) is 54.2 Å². The zero-order valence-electron chi connectivity index (χ0n) is 12.4. The van der Waals surface area contributed by atoms with E-state index >= 15 is 0 Å². The fourth-order valence-electron chi connectivity index (χ4n) is 3.19. The average molecular weight is 259 g/mol. The third kappa shape index (κ3) is 2.63. The second kappa shape index (κ2) is 4.80. The first kappa shape index (κ1) is 12.9. The fourth-order valence-corrected chi connectivity index (χ4v) is 3.19. The van der Waals surface area contributed by atoms with Gasteiger partial charge in [0.25, 0.3) is 0 Å². The number of hydrogen-bond acceptors (Lipinski definition) is 3. The Balaban J connectivity index is 1.69. The molecule has 0 unspecified atom stereocenters. The molecule has 0 aromatic heterocycles. The van der Waals surface area contributed by atoms with Crippen LogP contribution in [0.1, 0.15) is 25.0 Å². The Morgan fingerprint density at radius 2 is 2.11 bits per heavy atom. The Kier molecular flexibility index (Phi) is 3.27. The maximum atomic E-state index is 3.43. The molecule has 0 atom stereocenters. The van der Waals surface area contributed by atoms with Crippen molar-refractivity contribution in [1.29, 1.82) is 0 Å². The summed E-state index contributed by atoms with van der Waals surface area (Å²) < 4.78 is 0. The summed E-state index contributed by atoms with van der Waals surface area (Å²) in [5, 5.41) is 3.43. The lowest BCUT2D eigenvalue weighted by atomic mass is 9.99. The molecule has 0 saturated carbocycles. The zero-order valence-corrected chi connectivity index (χ0v) is 12.4. The van der Waals surface area contributed by atoms with Crippen molar-refractivity contribution in [2.24, 2.45) is 0 Å². The van der Waals surface area contributed by atoms with Crippen LogP contribution in [-0.2, 0) is 13.0 Å². The smallest absolute Gasteiger partial charge is 0.0373 e. The summed E-state index contributed by atoms with van der Waals surface area (Å²) in [5.74, 6) is 0. The van der Waals surface area contributed by atoms with Gasteiger partial charge in [-0.05, 0) is 44.5 Å². The van der Waals surface area contributed by atoms with Gasteiger partial charge in [0.1, 0.15) is 0 Å². The number of anilines is 1. The van der Waals surface area contributed by atoms with E-state index < -0.39 is 0 Å². The van der Waals surface area contributed by atoms with Gasteiger partial charge in [0.15, 0.2) is 0 Å². The van der Waals surface area contributed by atoms with Crippen molar-refractivity contribution in [2.45, 2.75) is 32.4 Å². The molecule has 2 aliphatic rings. The van der Waals surface area contributed by atoms with Crippen molar-refractivity contribution in [2.75, 3.05) is 38.5 Å². The van der Waals surface area contributed by atoms with Crippen LogP contribution in [0.3, 0.4) is 0 Å². The summed E-state index contributed by atoms with van der Waals surface area (Å²) in [5.41, 5.74) is 4.58. The van der Waals surface area contributed by atoms with Crippen molar-refractivity contribution >= 4 is 5.69 Å². The van der Waals surface area contributed by atoms with Crippen molar-refractivity contribution in [3.8, 4) is 0 Å². The summed E-state index contributed by atoms with van der Waals surface area (Å²) in [6, 6.07) is 6.92. The molecule has 2 heterocycles. The van der Waals surface area contributed by atoms with Crippen LogP contribution in [0.5, 0.6) is 0 Å². The minimum atomic E-state index is 0.288. The number of hydrogen-bond donors (Lipinski definition) is 1. The van der Waals surface area contributed by atoms with Crippen molar-refractivity contribution in [3.63, 3.8) is 0 Å². The summed E-state index contributed by atoms with van der Waals surface area (Å²) in [6.07, 6.45) is 1.18. The molecule has 1 N–H and O–H groups in total. The van der Waals surface area contributed by atoms with Crippen LogP contribution in [0.2, 0.25) is 0 Å². The van der Waals surface area contributed by atoms with E-state index in [-0.39, 0.29) is 5.54 Å². The molecule has 19 heavy (non-hydrogen) atoms. The van der Waals surface area contributed by atoms with E-state index in [4.69, 9.17) is 0 Å². The summed E-state index contributed by atoms with van der Waals surface area (Å²) in [7, 11) is 2.23. The molecule has 1 aromatic carbocycles. The molecule has 1 saturated heterocycles. The minimum absolute atomic E-state index is 0.288. The number of likely N-dealkylation sites (N-methyl/N-ethyl adjacent to an activating group) is 1. The first-order valence-electron chi connectivity index (χ1n) is 7.34. The van der Waals surface area contributed by atoms with Gasteiger partial charge < -0.3 is 5.32 Å². The van der Waals surface area contributed by atoms with E-state index in [9.17, 15) is 0 Å². The Hall–Kier alpha value is -1.06. The molecule has 3 nitrogen and oxygen atoms in total. The van der Waals surface area contributed by atoms with Gasteiger partial charge in [-0.3, -0.25) is 9.80 Å². The van der Waals surface area contributed by atoms with Gasteiger partial charge in [-0.15, -0.1) is 0 Å². The van der Waals surface area contributed by atoms with Crippen molar-refractivity contribution in [1.82, 2.24) is 9.80 Å². The highest BCUT2D eigenvalue weighted by molar-refractivity contribution is 5.56. The fraction of sp³-hybridized carbons (Fsp3) is 0.625. The van der Waals surface area contributed by atoms with Crippen LogP contribution in [0.15, 0.2) is 18.2 Å². The SMILES string of the molecule is CN1CCN(Cc2ccc3c(c2)CCN3)CC1(C)C. The van der Waals surface area contributed by atoms with E-state index in [0.29, 0.717) is 0 Å². The highest BCUT2D eigenvalue weighted by Gasteiger charge is 2.30. The first-order chi connectivity index (χ1) is 9.04. The third-order valence-electron chi connectivity index (χ3n) is 4.68. The summed E-state index contributed by atoms with van der Waals surface area (Å²) in [6.45, 7) is 10.4. The first-order valence-corrected chi connectivity index (χ1v) is 7.34. The molecular weight excluding hydrogens is 234 g/mol. The maximum Gasteiger partial charge on any atom is 0.0373 e. The topological polar surface area (TPSA) is 18.5 Å². The van der Waals surface area contributed by atoms with Gasteiger partial charge in [-0.25, -0.2) is 0 Å². The third-order valence-corrected chi connectivity index (χ3v) is 4.68. The van der Waals surface area contributed by atoms with Gasteiger partial charge in [-0.1, -0.05) is 12.1 Å². The van der Waals surface area contributed by atoms with Gasteiger partial charge in [0.05, 0.1) is 0 Å². The molecule has 2 aliphatic heterocycles. The van der Waals surface area contributed by atoms with Crippen molar-refractivity contribution in [3.05, 3.63) is 29.3 Å². The molecule has 0 amide bonds. The number of nitrogens with zero attached hydrogens (tertiary/aromatic N) is 2. The van der Waals surface area contributed by atoms with Gasteiger partial charge in [-0.2, -0.15) is 0 Å². The Bertz CT molecular complexity index is 467. The van der Waals surface area contributed by atoms with Crippen LogP contribution in [-0.4, -0.2) is 48.6 Å². The molecule has 1 fully saturated rings. The lowest BCUT2D eigenvalue weighted by Gasteiger charge is -2.45. The number of nitrogens with one attached hydrogen (secondary N) is 1. The Morgan fingerprint density at radius 1 is 1.26 bits per heavy atom. The minimum Gasteiger partial charge on any atom is -0.384 e. The molecule has 3 heteroatoms. The number of benzene rings is 1. The predicted octanol–water partition coefficient (Wildman–Crippen LogP) is 2.18. The number of piperazine rings is 1. The van der Waals surface area contributed by atoms with Crippen LogP contribution in [0, 0.1) is 0 Å². The Morgan fingerprint density at radius 3 is 2.89 bits per heavy atom. The summed E-state index contributed by atoms with van der Waals surface area (Å²) in [4.78, 5) is 5.06. The maximum absolute atomic E-state index is 3.43. The highest BCUT2D eigenvalue weighted by atomic mass is 15.3. The van der Waals surface area contributed by atoms with Gasteiger partial charge in [0, 0.05) is 44.0 Å². The Labute approximate surface area is 116 Å². The quantitative estimate of drug-likeness (QED) is 0.878. The van der Waals surface area contributed by atoms with E-state index in [1.807, 2.05) is 0 Å². The van der Waals surface area contributed by atoms with Crippen LogP contribution >= 0.6 is 0 Å². The molecule has 0 spiro atoms. The van der Waals surface area contributed by atoms with Crippen LogP contribution < -0.4 is 5.32 Å². The van der Waals surface area contributed by atoms with E-state index in [1.54, 1.807) is 0 Å². The van der Waals surface area contributed by atoms with Crippen LogP contribution in [0.4, 0.5) is 5.69 Å². The molecule has 3 rings (SSSR count). The standard InChI is InChI=1S/C16H25N3/c1-16(2)12-19(9-8-18(16)3)11-13-4-5-15-14(10-13)6-7-17-15/h4-5,10,17H,6-9,11-12H2,1-3H3. The molecule has 0 aliphatic carbocycles. The molecular formula is C16H25N3. The lowest BCUT2D eigenvalue weighted by Crippen LogP contribution is -2.57. The summed E-state index contributed by atoms with van der Waals surface area (Å²) >= 11 is 0. The normalized spacial score (nSPS) is 23.1. The molecule has 0 radical (unpaired) electrons. The van der Waals surface area contributed by atoms with Gasteiger partial charge >= 0.3 is 0 Å². The van der Waals surface area contributed by atoms with Crippen molar-refractivity contribution < 1.29 is 0 Å². The highest BCUT2D eigenvalue weighted by Crippen LogP contribution is 2.25. The van der Waals surface area contributed by atoms with E-state index in [1.165, 1.54) is 36.3 Å². The predicted molar refractivity (Wildman–Crippen MR) is 80.6 cm³/mol. The largest absolute Gasteiger partial charge is 0.384 e.